The molecule has 0 bridgehead atoms. The summed E-state index contributed by atoms with van der Waals surface area (Å²) in [6.07, 6.45) is 0. The van der Waals surface area contributed by atoms with Crippen molar-refractivity contribution in [2.75, 3.05) is 0 Å². The molecular formula is C19H11Br3N2. The minimum absolute atomic E-state index is 0.925. The summed E-state index contributed by atoms with van der Waals surface area (Å²) in [6, 6.07) is 22.7. The normalized spacial score (nSPS) is 11.1. The smallest absolute Gasteiger partial charge is 0.145 e. The number of hydrogen-bond donors (Lipinski definition) is 0. The second-order valence-electron chi connectivity index (χ2n) is 5.39. The molecule has 0 spiro atoms. The number of benzene rings is 3. The third-order valence-corrected chi connectivity index (χ3v) is 5.21. The van der Waals surface area contributed by atoms with E-state index in [4.69, 9.17) is 4.98 Å². The highest BCUT2D eigenvalue weighted by Gasteiger charge is 2.14. The van der Waals surface area contributed by atoms with Crippen molar-refractivity contribution >= 4 is 58.8 Å². The summed E-state index contributed by atoms with van der Waals surface area (Å²) >= 11 is 10.7. The Kier molecular flexibility index (Phi) is 4.33. The van der Waals surface area contributed by atoms with Gasteiger partial charge in [0, 0.05) is 24.7 Å². The highest BCUT2D eigenvalue weighted by molar-refractivity contribution is 9.11. The zero-order valence-corrected chi connectivity index (χ0v) is 17.1. The maximum Gasteiger partial charge on any atom is 0.145 e. The molecular weight excluding hydrogens is 496 g/mol. The van der Waals surface area contributed by atoms with Gasteiger partial charge in [-0.05, 0) is 42.5 Å². The van der Waals surface area contributed by atoms with Gasteiger partial charge >= 0.3 is 0 Å². The summed E-state index contributed by atoms with van der Waals surface area (Å²) in [5.74, 6) is 0.925. The number of nitrogens with zero attached hydrogens (tertiary/aromatic N) is 2. The molecule has 0 aliphatic carbocycles. The van der Waals surface area contributed by atoms with Gasteiger partial charge in [-0.25, -0.2) is 4.98 Å². The number of hydrogen-bond acceptors (Lipinski definition) is 1. The molecule has 0 fully saturated rings. The molecule has 0 atom stereocenters. The van der Waals surface area contributed by atoms with Gasteiger partial charge in [0.05, 0.1) is 11.0 Å². The zero-order chi connectivity index (χ0) is 16.7. The topological polar surface area (TPSA) is 17.8 Å². The van der Waals surface area contributed by atoms with E-state index in [0.29, 0.717) is 0 Å². The number of fused-ring (bicyclic) bond motifs is 1. The Hall–Kier alpha value is -1.43. The maximum absolute atomic E-state index is 4.87. The van der Waals surface area contributed by atoms with Crippen LogP contribution < -0.4 is 0 Å². The minimum Gasteiger partial charge on any atom is -0.292 e. The van der Waals surface area contributed by atoms with E-state index < -0.39 is 0 Å². The first kappa shape index (κ1) is 16.1. The highest BCUT2D eigenvalue weighted by atomic mass is 79.9. The summed E-state index contributed by atoms with van der Waals surface area (Å²) < 4.78 is 5.28. The van der Waals surface area contributed by atoms with Crippen LogP contribution in [0.4, 0.5) is 0 Å². The summed E-state index contributed by atoms with van der Waals surface area (Å²) in [4.78, 5) is 4.87. The lowest BCUT2D eigenvalue weighted by Gasteiger charge is -2.11. The molecule has 118 valence electrons. The van der Waals surface area contributed by atoms with Gasteiger partial charge in [-0.3, -0.25) is 4.57 Å². The Balaban J connectivity index is 2.05. The van der Waals surface area contributed by atoms with E-state index in [-0.39, 0.29) is 0 Å². The molecule has 0 aliphatic heterocycles. The van der Waals surface area contributed by atoms with Crippen LogP contribution in [0.3, 0.4) is 0 Å². The molecule has 2 nitrogen and oxygen atoms in total. The molecule has 5 heteroatoms. The number of para-hydroxylation sites is 2. The van der Waals surface area contributed by atoms with Gasteiger partial charge in [0.15, 0.2) is 0 Å². The van der Waals surface area contributed by atoms with E-state index in [1.165, 1.54) is 0 Å². The number of halogens is 3. The number of rotatable bonds is 2. The minimum atomic E-state index is 0.925. The Morgan fingerprint density at radius 3 is 2.08 bits per heavy atom. The molecule has 0 N–H and O–H groups in total. The first-order valence-corrected chi connectivity index (χ1v) is 9.69. The molecule has 1 aromatic heterocycles. The van der Waals surface area contributed by atoms with Crippen molar-refractivity contribution in [1.29, 1.82) is 0 Å². The quantitative estimate of drug-likeness (QED) is 0.287. The van der Waals surface area contributed by atoms with E-state index in [0.717, 1.165) is 41.5 Å². The average Bonchev–Trinajstić information content (AvgIpc) is 2.94. The molecule has 0 aliphatic rings. The van der Waals surface area contributed by atoms with Crippen molar-refractivity contribution < 1.29 is 0 Å². The monoisotopic (exact) mass is 504 g/mol. The van der Waals surface area contributed by atoms with E-state index in [9.17, 15) is 0 Å². The van der Waals surface area contributed by atoms with Crippen molar-refractivity contribution in [2.45, 2.75) is 0 Å². The molecule has 0 amide bonds. The predicted molar refractivity (Wildman–Crippen MR) is 110 cm³/mol. The fraction of sp³-hybridized carbons (Fsp3) is 0. The van der Waals surface area contributed by atoms with E-state index in [1.54, 1.807) is 0 Å². The van der Waals surface area contributed by atoms with Gasteiger partial charge in [0.1, 0.15) is 5.82 Å². The molecule has 1 heterocycles. The van der Waals surface area contributed by atoms with Crippen molar-refractivity contribution in [1.82, 2.24) is 9.55 Å². The maximum atomic E-state index is 4.87. The second-order valence-corrected chi connectivity index (χ2v) is 8.14. The molecule has 0 unspecified atom stereocenters. The molecule has 0 saturated heterocycles. The highest BCUT2D eigenvalue weighted by Crippen LogP contribution is 2.31. The van der Waals surface area contributed by atoms with Crippen molar-refractivity contribution in [2.24, 2.45) is 0 Å². The first-order chi connectivity index (χ1) is 11.6. The van der Waals surface area contributed by atoms with Crippen LogP contribution in [0.25, 0.3) is 28.1 Å². The largest absolute Gasteiger partial charge is 0.292 e. The molecule has 4 rings (SSSR count). The summed E-state index contributed by atoms with van der Waals surface area (Å²) in [6.45, 7) is 0. The van der Waals surface area contributed by atoms with Crippen molar-refractivity contribution in [3.05, 3.63) is 80.1 Å². The fourth-order valence-corrected chi connectivity index (χ4v) is 4.28. The van der Waals surface area contributed by atoms with Gasteiger partial charge in [0.25, 0.3) is 0 Å². The third-order valence-electron chi connectivity index (χ3n) is 3.77. The second kappa shape index (κ2) is 6.47. The average molecular weight is 507 g/mol. The lowest BCUT2D eigenvalue weighted by molar-refractivity contribution is 1.10. The van der Waals surface area contributed by atoms with Crippen LogP contribution in [0, 0.1) is 0 Å². The standard InChI is InChI=1S/C19H11Br3N2/c20-13-7-5-12(6-8-13)19-23-17-3-1-2-4-18(17)24(19)16-10-14(21)9-15(22)11-16/h1-11H. The fourth-order valence-electron chi connectivity index (χ4n) is 2.75. The van der Waals surface area contributed by atoms with Crippen molar-refractivity contribution in [3.8, 4) is 17.1 Å². The van der Waals surface area contributed by atoms with Crippen LogP contribution in [0.2, 0.25) is 0 Å². The summed E-state index contributed by atoms with van der Waals surface area (Å²) in [5, 5.41) is 0. The Bertz CT molecular complexity index is 1020. The van der Waals surface area contributed by atoms with Crippen LogP contribution in [0.5, 0.6) is 0 Å². The van der Waals surface area contributed by atoms with Gasteiger partial charge in [-0.15, -0.1) is 0 Å². The van der Waals surface area contributed by atoms with Gasteiger partial charge in [0.2, 0.25) is 0 Å². The van der Waals surface area contributed by atoms with Crippen LogP contribution in [-0.2, 0) is 0 Å². The van der Waals surface area contributed by atoms with Gasteiger partial charge in [-0.1, -0.05) is 72.1 Å². The lowest BCUT2D eigenvalue weighted by Crippen LogP contribution is -1.97. The Morgan fingerprint density at radius 1 is 0.708 bits per heavy atom. The van der Waals surface area contributed by atoms with Gasteiger partial charge in [-0.2, -0.15) is 0 Å². The van der Waals surface area contributed by atoms with Crippen molar-refractivity contribution in [3.63, 3.8) is 0 Å². The molecule has 0 saturated carbocycles. The van der Waals surface area contributed by atoms with Crippen LogP contribution in [-0.4, -0.2) is 9.55 Å². The van der Waals surface area contributed by atoms with Crippen LogP contribution in [0.15, 0.2) is 80.1 Å². The Morgan fingerprint density at radius 2 is 1.38 bits per heavy atom. The van der Waals surface area contributed by atoms with E-state index in [2.05, 4.69) is 82.7 Å². The van der Waals surface area contributed by atoms with Crippen LogP contribution >= 0.6 is 47.8 Å². The SMILES string of the molecule is Brc1ccc(-c2nc3ccccc3n2-c2cc(Br)cc(Br)c2)cc1. The van der Waals surface area contributed by atoms with E-state index >= 15 is 0 Å². The molecule has 3 aromatic carbocycles. The zero-order valence-electron chi connectivity index (χ0n) is 12.4. The molecule has 0 radical (unpaired) electrons. The molecule has 24 heavy (non-hydrogen) atoms. The number of aromatic nitrogens is 2. The first-order valence-electron chi connectivity index (χ1n) is 7.32. The summed E-state index contributed by atoms with van der Waals surface area (Å²) in [7, 11) is 0. The van der Waals surface area contributed by atoms with Gasteiger partial charge < -0.3 is 0 Å². The number of imidazole rings is 1. The third kappa shape index (κ3) is 2.96. The predicted octanol–water partition coefficient (Wildman–Crippen LogP) is 6.98. The Labute approximate surface area is 164 Å². The van der Waals surface area contributed by atoms with E-state index in [1.807, 2.05) is 36.4 Å². The summed E-state index contributed by atoms with van der Waals surface area (Å²) in [5.41, 5.74) is 4.19. The molecule has 4 aromatic rings. The van der Waals surface area contributed by atoms with Crippen LogP contribution in [0.1, 0.15) is 0 Å². The lowest BCUT2D eigenvalue weighted by atomic mass is 10.2.